The van der Waals surface area contributed by atoms with Crippen molar-refractivity contribution in [3.8, 4) is 17.2 Å². The summed E-state index contributed by atoms with van der Waals surface area (Å²) in [5.41, 5.74) is 3.10. The minimum atomic E-state index is -0.220. The van der Waals surface area contributed by atoms with Crippen molar-refractivity contribution >= 4 is 40.7 Å². The van der Waals surface area contributed by atoms with Gasteiger partial charge in [0.2, 0.25) is 0 Å². The van der Waals surface area contributed by atoms with Crippen LogP contribution in [-0.2, 0) is 22.4 Å². The van der Waals surface area contributed by atoms with Crippen LogP contribution < -0.4 is 9.47 Å². The summed E-state index contributed by atoms with van der Waals surface area (Å²) < 4.78 is 18.4. The number of ether oxygens (including phenoxy) is 3. The van der Waals surface area contributed by atoms with E-state index in [1.807, 2.05) is 48.9 Å². The van der Waals surface area contributed by atoms with Crippen LogP contribution in [0.4, 0.5) is 0 Å². The number of hydrogen-bond donors (Lipinski definition) is 0. The van der Waals surface area contributed by atoms with Gasteiger partial charge >= 0.3 is 5.97 Å². The SMILES string of the molecule is COC(=O)CCc1cnc(C[C@H]2S[C@H](c3cccc(OC)c3OC)c3cc(Cl)ccc3-n3ccnc32)s1. The van der Waals surface area contributed by atoms with Gasteiger partial charge in [-0.3, -0.25) is 4.79 Å². The Hall–Kier alpha value is -3.01. The van der Waals surface area contributed by atoms with Gasteiger partial charge in [-0.25, -0.2) is 9.97 Å². The summed E-state index contributed by atoms with van der Waals surface area (Å²) in [4.78, 5) is 22.1. The van der Waals surface area contributed by atoms with Crippen molar-refractivity contribution in [1.82, 2.24) is 14.5 Å². The van der Waals surface area contributed by atoms with Crippen molar-refractivity contribution in [3.05, 3.63) is 86.8 Å². The first kappa shape index (κ1) is 25.6. The second-order valence-electron chi connectivity index (χ2n) is 8.45. The molecule has 5 rings (SSSR count). The molecule has 2 atom stereocenters. The molecule has 2 aromatic carbocycles. The molecular formula is C27H26ClN3O4S2. The van der Waals surface area contributed by atoms with E-state index in [4.69, 9.17) is 30.8 Å². The number of aromatic nitrogens is 3. The average molecular weight is 556 g/mol. The molecule has 0 saturated carbocycles. The van der Waals surface area contributed by atoms with Crippen molar-refractivity contribution in [1.29, 1.82) is 0 Å². The van der Waals surface area contributed by atoms with Crippen molar-refractivity contribution in [3.63, 3.8) is 0 Å². The number of benzene rings is 2. The summed E-state index contributed by atoms with van der Waals surface area (Å²) in [7, 11) is 4.71. The predicted molar refractivity (Wildman–Crippen MR) is 146 cm³/mol. The molecule has 0 amide bonds. The van der Waals surface area contributed by atoms with E-state index in [0.717, 1.165) is 32.5 Å². The normalized spacial score (nSPS) is 16.4. The van der Waals surface area contributed by atoms with E-state index >= 15 is 0 Å². The van der Waals surface area contributed by atoms with E-state index in [-0.39, 0.29) is 16.5 Å². The third kappa shape index (κ3) is 5.21. The zero-order chi connectivity index (χ0) is 25.9. The molecule has 10 heteroatoms. The van der Waals surface area contributed by atoms with Gasteiger partial charge in [0.1, 0.15) is 5.82 Å². The summed E-state index contributed by atoms with van der Waals surface area (Å²) >= 11 is 9.93. The zero-order valence-corrected chi connectivity index (χ0v) is 23.0. The number of imidazole rings is 1. The number of aryl methyl sites for hydroxylation is 1. The number of rotatable bonds is 8. The van der Waals surface area contributed by atoms with Crippen molar-refractivity contribution in [2.75, 3.05) is 21.3 Å². The van der Waals surface area contributed by atoms with Crippen LogP contribution >= 0.6 is 34.7 Å². The van der Waals surface area contributed by atoms with E-state index in [1.165, 1.54) is 7.11 Å². The van der Waals surface area contributed by atoms with Crippen molar-refractivity contribution in [2.45, 2.75) is 29.8 Å². The van der Waals surface area contributed by atoms with Gasteiger partial charge < -0.3 is 18.8 Å². The Morgan fingerprint density at radius 2 is 1.97 bits per heavy atom. The molecular weight excluding hydrogens is 530 g/mol. The molecule has 0 radical (unpaired) electrons. The zero-order valence-electron chi connectivity index (χ0n) is 20.6. The fourth-order valence-corrected chi connectivity index (χ4v) is 7.35. The summed E-state index contributed by atoms with van der Waals surface area (Å²) in [6.07, 6.45) is 7.32. The first-order chi connectivity index (χ1) is 18.0. The first-order valence-corrected chi connectivity index (χ1v) is 13.9. The topological polar surface area (TPSA) is 75.5 Å². The minimum Gasteiger partial charge on any atom is -0.493 e. The van der Waals surface area contributed by atoms with Crippen LogP contribution in [0.2, 0.25) is 5.02 Å². The van der Waals surface area contributed by atoms with Gasteiger partial charge in [0.25, 0.3) is 0 Å². The number of carbonyl (C=O) groups is 1. The molecule has 3 heterocycles. The number of carbonyl (C=O) groups excluding carboxylic acids is 1. The van der Waals surface area contributed by atoms with Gasteiger partial charge in [-0.15, -0.1) is 23.1 Å². The third-order valence-corrected chi connectivity index (χ3v) is 9.07. The fraction of sp³-hybridized carbons (Fsp3) is 0.296. The molecule has 4 aromatic rings. The van der Waals surface area contributed by atoms with E-state index in [9.17, 15) is 4.79 Å². The van der Waals surface area contributed by atoms with Gasteiger partial charge in [0.15, 0.2) is 11.5 Å². The van der Waals surface area contributed by atoms with Crippen LogP contribution in [0.15, 0.2) is 55.0 Å². The maximum atomic E-state index is 11.6. The van der Waals surface area contributed by atoms with Crippen LogP contribution in [0.1, 0.15) is 43.8 Å². The van der Waals surface area contributed by atoms with Crippen LogP contribution in [-0.4, -0.2) is 41.8 Å². The highest BCUT2D eigenvalue weighted by Crippen LogP contribution is 2.53. The molecule has 0 fully saturated rings. The summed E-state index contributed by atoms with van der Waals surface area (Å²) in [5.74, 6) is 2.11. The second-order valence-corrected chi connectivity index (χ2v) is 11.4. The molecule has 2 aromatic heterocycles. The molecule has 0 spiro atoms. The van der Waals surface area contributed by atoms with Gasteiger partial charge in [0, 0.05) is 40.5 Å². The largest absolute Gasteiger partial charge is 0.493 e. The number of esters is 1. The van der Waals surface area contributed by atoms with E-state index in [1.54, 1.807) is 37.3 Å². The molecule has 1 aliphatic rings. The Morgan fingerprint density at radius 3 is 2.76 bits per heavy atom. The van der Waals surface area contributed by atoms with Crippen LogP contribution in [0.5, 0.6) is 11.5 Å². The molecule has 192 valence electrons. The van der Waals surface area contributed by atoms with Gasteiger partial charge in [0.05, 0.1) is 48.9 Å². The standard InChI is InChI=1S/C27H26ClN3O4S2/c1-33-21-6-4-5-18(25(21)35-3)26-19-13-16(28)7-9-20(19)31-12-11-29-27(31)22(37-26)14-23-30-15-17(36-23)8-10-24(32)34-2/h4-7,9,11-13,15,22,26H,8,10,14H2,1-3H3/t22-,26-/m1/s1. The lowest BCUT2D eigenvalue weighted by Crippen LogP contribution is -2.06. The number of hydrogen-bond acceptors (Lipinski definition) is 8. The lowest BCUT2D eigenvalue weighted by atomic mass is 10.0. The Labute approximate surface area is 228 Å². The van der Waals surface area contributed by atoms with Gasteiger partial charge in [-0.1, -0.05) is 23.7 Å². The summed E-state index contributed by atoms with van der Waals surface area (Å²) in [6.45, 7) is 0. The summed E-state index contributed by atoms with van der Waals surface area (Å²) in [5, 5.41) is 1.57. The van der Waals surface area contributed by atoms with E-state index in [2.05, 4.69) is 15.6 Å². The average Bonchev–Trinajstić information content (AvgIpc) is 3.56. The number of para-hydroxylation sites is 1. The first-order valence-electron chi connectivity index (χ1n) is 11.7. The van der Waals surface area contributed by atoms with Crippen LogP contribution in [0.25, 0.3) is 5.69 Å². The molecule has 37 heavy (non-hydrogen) atoms. The smallest absolute Gasteiger partial charge is 0.305 e. The number of thiazole rings is 1. The highest BCUT2D eigenvalue weighted by atomic mass is 35.5. The molecule has 0 aliphatic carbocycles. The Balaban J connectivity index is 1.55. The lowest BCUT2D eigenvalue weighted by molar-refractivity contribution is -0.140. The van der Waals surface area contributed by atoms with E-state index in [0.29, 0.717) is 35.8 Å². The summed E-state index contributed by atoms with van der Waals surface area (Å²) in [6, 6.07) is 11.9. The quantitative estimate of drug-likeness (QED) is 0.239. The Bertz CT molecular complexity index is 1420. The molecule has 1 aliphatic heterocycles. The molecule has 0 N–H and O–H groups in total. The number of fused-ring (bicyclic) bond motifs is 3. The lowest BCUT2D eigenvalue weighted by Gasteiger charge is -2.23. The molecule has 7 nitrogen and oxygen atoms in total. The Kier molecular flexibility index (Phi) is 7.73. The number of thioether (sulfide) groups is 1. The second kappa shape index (κ2) is 11.2. The maximum absolute atomic E-state index is 11.6. The van der Waals surface area contributed by atoms with Crippen LogP contribution in [0, 0.1) is 0 Å². The predicted octanol–water partition coefficient (Wildman–Crippen LogP) is 6.23. The minimum absolute atomic E-state index is 0.00156. The molecule has 0 bridgehead atoms. The third-order valence-electron chi connectivity index (χ3n) is 6.27. The maximum Gasteiger partial charge on any atom is 0.305 e. The van der Waals surface area contributed by atoms with Crippen LogP contribution in [0.3, 0.4) is 0 Å². The van der Waals surface area contributed by atoms with Gasteiger partial charge in [-0.2, -0.15) is 0 Å². The van der Waals surface area contributed by atoms with E-state index < -0.39 is 0 Å². The fourth-order valence-electron chi connectivity index (χ4n) is 4.55. The monoisotopic (exact) mass is 555 g/mol. The molecule has 0 saturated heterocycles. The number of methoxy groups -OCH3 is 3. The number of halogens is 1. The van der Waals surface area contributed by atoms with Crippen molar-refractivity contribution in [2.24, 2.45) is 0 Å². The van der Waals surface area contributed by atoms with Crippen molar-refractivity contribution < 1.29 is 19.0 Å². The Morgan fingerprint density at radius 1 is 1.11 bits per heavy atom. The number of nitrogens with zero attached hydrogens (tertiary/aromatic N) is 3. The molecule has 0 unspecified atom stereocenters. The highest BCUT2D eigenvalue weighted by molar-refractivity contribution is 8.00. The highest BCUT2D eigenvalue weighted by Gasteiger charge is 2.34. The van der Waals surface area contributed by atoms with Gasteiger partial charge in [-0.05, 0) is 36.2 Å².